The summed E-state index contributed by atoms with van der Waals surface area (Å²) in [7, 11) is -3.81. The zero-order chi connectivity index (χ0) is 21.8. The third-order valence-electron chi connectivity index (χ3n) is 5.16. The van der Waals surface area contributed by atoms with E-state index in [9.17, 15) is 18.0 Å². The smallest absolute Gasteiger partial charge is 0.271 e. The van der Waals surface area contributed by atoms with E-state index < -0.39 is 15.9 Å². The quantitative estimate of drug-likeness (QED) is 0.513. The number of aryl methyl sites for hydroxylation is 1. The number of sulfonamides is 1. The maximum absolute atomic E-state index is 12.7. The van der Waals surface area contributed by atoms with E-state index in [1.807, 2.05) is 24.3 Å². The van der Waals surface area contributed by atoms with Gasteiger partial charge in [-0.3, -0.25) is 25.2 Å². The monoisotopic (exact) mass is 455 g/mol. The molecule has 4 rings (SSSR count). The molecule has 1 heterocycles. The molecular weight excluding hydrogens is 434 g/mol. The van der Waals surface area contributed by atoms with Gasteiger partial charge in [0.25, 0.3) is 15.9 Å². The number of amides is 2. The minimum atomic E-state index is -3.81. The number of benzene rings is 2. The molecule has 0 spiro atoms. The zero-order valence-electron chi connectivity index (χ0n) is 16.5. The molecule has 1 atom stereocenters. The fraction of sp³-hybridized carbons (Fsp3) is 0.182. The van der Waals surface area contributed by atoms with Crippen molar-refractivity contribution in [1.82, 2.24) is 10.9 Å². The van der Waals surface area contributed by atoms with Crippen molar-refractivity contribution in [2.75, 3.05) is 4.72 Å². The standard InChI is InChI=1S/C22H21N3O4S2/c26-21(17-11-5-8-15-7-1-2-9-16(15)17)23-24-22(27)18-10-3-4-12-19(18)25-31(28,29)20-13-6-14-30-20/h1-4,6-7,9-10,12-14,17,25H,5,8,11H2,(H,23,26)(H,24,27). The summed E-state index contributed by atoms with van der Waals surface area (Å²) < 4.78 is 27.6. The molecule has 2 amide bonds. The second-order valence-electron chi connectivity index (χ2n) is 7.17. The largest absolute Gasteiger partial charge is 0.278 e. The number of rotatable bonds is 5. The number of hydrogen-bond donors (Lipinski definition) is 3. The number of fused-ring (bicyclic) bond motifs is 1. The van der Waals surface area contributed by atoms with Crippen molar-refractivity contribution < 1.29 is 18.0 Å². The van der Waals surface area contributed by atoms with E-state index >= 15 is 0 Å². The Morgan fingerprint density at radius 2 is 1.71 bits per heavy atom. The van der Waals surface area contributed by atoms with Gasteiger partial charge in [-0.2, -0.15) is 0 Å². The number of carbonyl (C=O) groups is 2. The number of hydrogen-bond acceptors (Lipinski definition) is 5. The van der Waals surface area contributed by atoms with Crippen LogP contribution in [0.15, 0.2) is 70.3 Å². The van der Waals surface area contributed by atoms with Crippen LogP contribution in [0.5, 0.6) is 0 Å². The Bertz CT molecular complexity index is 1210. The normalized spacial score (nSPS) is 15.5. The van der Waals surface area contributed by atoms with E-state index in [0.717, 1.165) is 35.3 Å². The molecule has 1 aliphatic rings. The molecule has 0 fully saturated rings. The lowest BCUT2D eigenvalue weighted by atomic mass is 9.82. The van der Waals surface area contributed by atoms with Gasteiger partial charge in [0.2, 0.25) is 5.91 Å². The van der Waals surface area contributed by atoms with Crippen LogP contribution in [0.4, 0.5) is 5.69 Å². The fourth-order valence-electron chi connectivity index (χ4n) is 3.68. The fourth-order valence-corrected chi connectivity index (χ4v) is 5.75. The lowest BCUT2D eigenvalue weighted by Gasteiger charge is -2.24. The minimum absolute atomic E-state index is 0.104. The van der Waals surface area contributed by atoms with Crippen molar-refractivity contribution in [3.63, 3.8) is 0 Å². The van der Waals surface area contributed by atoms with Gasteiger partial charge in [0.1, 0.15) is 4.21 Å². The third kappa shape index (κ3) is 4.62. The summed E-state index contributed by atoms with van der Waals surface area (Å²) in [5.41, 5.74) is 7.27. The van der Waals surface area contributed by atoms with Crippen LogP contribution >= 0.6 is 11.3 Å². The van der Waals surface area contributed by atoms with Gasteiger partial charge in [-0.05, 0) is 54.0 Å². The Morgan fingerprint density at radius 3 is 2.52 bits per heavy atom. The first-order valence-electron chi connectivity index (χ1n) is 9.79. The topological polar surface area (TPSA) is 104 Å². The summed E-state index contributed by atoms with van der Waals surface area (Å²) in [6, 6.07) is 17.2. The van der Waals surface area contributed by atoms with Crippen LogP contribution in [0, 0.1) is 0 Å². The highest BCUT2D eigenvalue weighted by molar-refractivity contribution is 7.94. The predicted octanol–water partition coefficient (Wildman–Crippen LogP) is 3.43. The lowest BCUT2D eigenvalue weighted by Crippen LogP contribution is -2.44. The number of nitrogens with one attached hydrogen (secondary N) is 3. The van der Waals surface area contributed by atoms with E-state index in [-0.39, 0.29) is 27.3 Å². The maximum atomic E-state index is 12.7. The predicted molar refractivity (Wildman–Crippen MR) is 119 cm³/mol. The van der Waals surface area contributed by atoms with Crippen LogP contribution < -0.4 is 15.6 Å². The van der Waals surface area contributed by atoms with E-state index in [1.165, 1.54) is 18.2 Å². The van der Waals surface area contributed by atoms with E-state index in [2.05, 4.69) is 15.6 Å². The molecule has 1 aromatic heterocycles. The molecule has 3 N–H and O–H groups in total. The summed E-state index contributed by atoms with van der Waals surface area (Å²) in [4.78, 5) is 25.4. The molecule has 9 heteroatoms. The SMILES string of the molecule is O=C(NNC(=O)C1CCCc2ccccc21)c1ccccc1NS(=O)(=O)c1cccs1. The second kappa shape index (κ2) is 8.91. The minimum Gasteiger partial charge on any atom is -0.278 e. The van der Waals surface area contributed by atoms with Crippen LogP contribution in [0.2, 0.25) is 0 Å². The maximum Gasteiger partial charge on any atom is 0.271 e. The van der Waals surface area contributed by atoms with Crippen molar-refractivity contribution in [1.29, 1.82) is 0 Å². The zero-order valence-corrected chi connectivity index (χ0v) is 18.1. The van der Waals surface area contributed by atoms with Gasteiger partial charge in [-0.25, -0.2) is 8.42 Å². The first-order chi connectivity index (χ1) is 15.0. The average Bonchev–Trinajstić information content (AvgIpc) is 3.33. The van der Waals surface area contributed by atoms with Crippen molar-refractivity contribution in [2.45, 2.75) is 29.4 Å². The van der Waals surface area contributed by atoms with Crippen molar-refractivity contribution in [3.8, 4) is 0 Å². The van der Waals surface area contributed by atoms with Crippen LogP contribution in [0.25, 0.3) is 0 Å². The van der Waals surface area contributed by atoms with Crippen LogP contribution in [-0.4, -0.2) is 20.2 Å². The number of anilines is 1. The van der Waals surface area contributed by atoms with E-state index in [4.69, 9.17) is 0 Å². The molecule has 0 bridgehead atoms. The molecule has 1 aliphatic carbocycles. The molecule has 0 saturated carbocycles. The van der Waals surface area contributed by atoms with Crippen LogP contribution in [0.3, 0.4) is 0 Å². The summed E-state index contributed by atoms with van der Waals surface area (Å²) in [6.45, 7) is 0. The summed E-state index contributed by atoms with van der Waals surface area (Å²) in [5, 5.41) is 1.66. The summed E-state index contributed by atoms with van der Waals surface area (Å²) in [5.74, 6) is -1.24. The highest BCUT2D eigenvalue weighted by atomic mass is 32.2. The number of para-hydroxylation sites is 1. The Kier molecular flexibility index (Phi) is 6.06. The molecule has 3 aromatic rings. The Morgan fingerprint density at radius 1 is 0.935 bits per heavy atom. The first kappa shape index (κ1) is 21.1. The molecule has 2 aromatic carbocycles. The second-order valence-corrected chi connectivity index (χ2v) is 10.0. The molecule has 7 nitrogen and oxygen atoms in total. The van der Waals surface area contributed by atoms with Crippen molar-refractivity contribution in [2.24, 2.45) is 0 Å². The van der Waals surface area contributed by atoms with Gasteiger partial charge < -0.3 is 0 Å². The van der Waals surface area contributed by atoms with E-state index in [1.54, 1.807) is 23.6 Å². The highest BCUT2D eigenvalue weighted by Gasteiger charge is 2.27. The van der Waals surface area contributed by atoms with Gasteiger partial charge in [0, 0.05) is 0 Å². The Labute approximate surface area is 184 Å². The third-order valence-corrected chi connectivity index (χ3v) is 7.92. The number of carbonyl (C=O) groups excluding carboxylic acids is 2. The van der Waals surface area contributed by atoms with Gasteiger partial charge >= 0.3 is 0 Å². The molecule has 160 valence electrons. The average molecular weight is 456 g/mol. The first-order valence-corrected chi connectivity index (χ1v) is 12.2. The van der Waals surface area contributed by atoms with Crippen molar-refractivity contribution >= 4 is 38.9 Å². The van der Waals surface area contributed by atoms with Gasteiger partial charge in [-0.15, -0.1) is 11.3 Å². The summed E-state index contributed by atoms with van der Waals surface area (Å²) >= 11 is 1.08. The van der Waals surface area contributed by atoms with E-state index in [0.29, 0.717) is 6.42 Å². The molecular formula is C22H21N3O4S2. The number of thiophene rings is 1. The number of hydrazine groups is 1. The highest BCUT2D eigenvalue weighted by Crippen LogP contribution is 2.31. The van der Waals surface area contributed by atoms with Crippen molar-refractivity contribution in [3.05, 3.63) is 82.7 Å². The lowest BCUT2D eigenvalue weighted by molar-refractivity contribution is -0.123. The molecule has 31 heavy (non-hydrogen) atoms. The summed E-state index contributed by atoms with van der Waals surface area (Å²) in [6.07, 6.45) is 2.54. The van der Waals surface area contributed by atoms with Gasteiger partial charge in [-0.1, -0.05) is 42.5 Å². The van der Waals surface area contributed by atoms with Gasteiger partial charge in [0.15, 0.2) is 0 Å². The Hall–Kier alpha value is -3.17. The molecule has 0 radical (unpaired) electrons. The molecule has 0 saturated heterocycles. The van der Waals surface area contributed by atoms with Gasteiger partial charge in [0.05, 0.1) is 17.2 Å². The van der Waals surface area contributed by atoms with Crippen LogP contribution in [-0.2, 0) is 21.2 Å². The van der Waals surface area contributed by atoms with Crippen LogP contribution in [0.1, 0.15) is 40.2 Å². The molecule has 1 unspecified atom stereocenters. The Balaban J connectivity index is 1.46. The molecule has 0 aliphatic heterocycles.